The van der Waals surface area contributed by atoms with Crippen LogP contribution in [0.4, 0.5) is 11.5 Å². The number of nitrogens with one attached hydrogen (secondary N) is 1. The Labute approximate surface area is 155 Å². The van der Waals surface area contributed by atoms with Crippen molar-refractivity contribution in [3.05, 3.63) is 53.7 Å². The number of nitrogens with zero attached hydrogens (tertiary/aromatic N) is 3. The van der Waals surface area contributed by atoms with Gasteiger partial charge in [0.05, 0.1) is 0 Å². The molecule has 1 aliphatic heterocycles. The fourth-order valence-corrected chi connectivity index (χ4v) is 3.04. The first-order chi connectivity index (χ1) is 12.6. The predicted octanol–water partition coefficient (Wildman–Crippen LogP) is 1.66. The number of amides is 1. The van der Waals surface area contributed by atoms with Gasteiger partial charge in [0.15, 0.2) is 0 Å². The molecule has 2 aromatic rings. The van der Waals surface area contributed by atoms with Crippen molar-refractivity contribution in [1.82, 2.24) is 15.2 Å². The highest BCUT2D eigenvalue weighted by molar-refractivity contribution is 5.76. The van der Waals surface area contributed by atoms with Gasteiger partial charge < -0.3 is 20.9 Å². The molecule has 1 saturated heterocycles. The lowest BCUT2D eigenvalue weighted by Gasteiger charge is -2.33. The van der Waals surface area contributed by atoms with Crippen molar-refractivity contribution in [2.75, 3.05) is 43.9 Å². The number of likely N-dealkylation sites (N-methyl/N-ethyl adjacent to an activating group) is 1. The molecule has 1 aliphatic rings. The molecule has 0 aliphatic carbocycles. The van der Waals surface area contributed by atoms with E-state index in [0.717, 1.165) is 48.8 Å². The van der Waals surface area contributed by atoms with E-state index < -0.39 is 0 Å². The van der Waals surface area contributed by atoms with Crippen molar-refractivity contribution >= 4 is 17.4 Å². The van der Waals surface area contributed by atoms with E-state index in [9.17, 15) is 4.79 Å². The molecule has 6 nitrogen and oxygen atoms in total. The van der Waals surface area contributed by atoms with Crippen LogP contribution >= 0.6 is 0 Å². The van der Waals surface area contributed by atoms with E-state index in [4.69, 9.17) is 5.73 Å². The number of benzene rings is 1. The number of nitrogen functional groups attached to an aromatic ring is 1. The molecule has 1 amide bonds. The highest BCUT2D eigenvalue weighted by Crippen LogP contribution is 2.14. The summed E-state index contributed by atoms with van der Waals surface area (Å²) in [5.41, 5.74) is 8.67. The Hall–Kier alpha value is -2.60. The Morgan fingerprint density at radius 1 is 1.15 bits per heavy atom. The third-order valence-electron chi connectivity index (χ3n) is 4.80. The van der Waals surface area contributed by atoms with Gasteiger partial charge in [-0.05, 0) is 36.7 Å². The quantitative estimate of drug-likeness (QED) is 0.773. The second-order valence-electron chi connectivity index (χ2n) is 6.79. The van der Waals surface area contributed by atoms with E-state index in [-0.39, 0.29) is 5.91 Å². The maximum Gasteiger partial charge on any atom is 0.220 e. The minimum Gasteiger partial charge on any atom is -0.399 e. The van der Waals surface area contributed by atoms with Gasteiger partial charge in [-0.1, -0.05) is 24.3 Å². The summed E-state index contributed by atoms with van der Waals surface area (Å²) in [5, 5.41) is 2.95. The average molecular weight is 353 g/mol. The zero-order valence-corrected chi connectivity index (χ0v) is 15.3. The summed E-state index contributed by atoms with van der Waals surface area (Å²) >= 11 is 0. The molecule has 26 heavy (non-hydrogen) atoms. The van der Waals surface area contributed by atoms with Crippen molar-refractivity contribution in [1.29, 1.82) is 0 Å². The molecule has 138 valence electrons. The number of nitrogens with two attached hydrogens (primary N) is 1. The van der Waals surface area contributed by atoms with E-state index in [1.807, 2.05) is 42.6 Å². The summed E-state index contributed by atoms with van der Waals surface area (Å²) < 4.78 is 0. The molecular weight excluding hydrogens is 326 g/mol. The second-order valence-corrected chi connectivity index (χ2v) is 6.79. The number of carbonyl (C=O) groups is 1. The first-order valence-electron chi connectivity index (χ1n) is 9.10. The second kappa shape index (κ2) is 8.67. The van der Waals surface area contributed by atoms with E-state index in [2.05, 4.69) is 27.1 Å². The third kappa shape index (κ3) is 4.95. The van der Waals surface area contributed by atoms with Gasteiger partial charge >= 0.3 is 0 Å². The molecule has 3 rings (SSSR count). The van der Waals surface area contributed by atoms with Crippen LogP contribution in [-0.4, -0.2) is 49.0 Å². The van der Waals surface area contributed by atoms with Crippen LogP contribution in [-0.2, 0) is 17.8 Å². The number of aromatic nitrogens is 1. The number of hydrogen-bond donors (Lipinski definition) is 2. The predicted molar refractivity (Wildman–Crippen MR) is 105 cm³/mol. The Kier molecular flexibility index (Phi) is 6.07. The van der Waals surface area contributed by atoms with Crippen molar-refractivity contribution in [3.63, 3.8) is 0 Å². The summed E-state index contributed by atoms with van der Waals surface area (Å²) in [5.74, 6) is 1.03. The minimum atomic E-state index is 0.0244. The largest absolute Gasteiger partial charge is 0.399 e. The molecule has 0 atom stereocenters. The van der Waals surface area contributed by atoms with Gasteiger partial charge in [0, 0.05) is 51.0 Å². The maximum atomic E-state index is 12.1. The highest BCUT2D eigenvalue weighted by Gasteiger charge is 2.15. The van der Waals surface area contributed by atoms with Crippen LogP contribution < -0.4 is 16.0 Å². The van der Waals surface area contributed by atoms with Crippen molar-refractivity contribution in [3.8, 4) is 0 Å². The van der Waals surface area contributed by atoms with Crippen molar-refractivity contribution in [2.24, 2.45) is 0 Å². The average Bonchev–Trinajstić information content (AvgIpc) is 2.67. The number of rotatable bonds is 6. The number of para-hydroxylation sites is 1. The maximum absolute atomic E-state index is 12.1. The van der Waals surface area contributed by atoms with Crippen LogP contribution in [0.15, 0.2) is 42.6 Å². The summed E-state index contributed by atoms with van der Waals surface area (Å²) in [6.45, 7) is 4.63. The van der Waals surface area contributed by atoms with Gasteiger partial charge in [0.1, 0.15) is 5.82 Å². The Balaban J connectivity index is 1.44. The van der Waals surface area contributed by atoms with E-state index in [0.29, 0.717) is 19.4 Å². The van der Waals surface area contributed by atoms with Gasteiger partial charge in [-0.25, -0.2) is 4.98 Å². The number of pyridine rings is 1. The lowest BCUT2D eigenvalue weighted by Crippen LogP contribution is -2.44. The number of hydrogen-bond acceptors (Lipinski definition) is 5. The van der Waals surface area contributed by atoms with Crippen LogP contribution in [0.2, 0.25) is 0 Å². The molecule has 1 fully saturated rings. The van der Waals surface area contributed by atoms with Crippen molar-refractivity contribution in [2.45, 2.75) is 19.4 Å². The lowest BCUT2D eigenvalue weighted by molar-refractivity contribution is -0.121. The Morgan fingerprint density at radius 2 is 1.92 bits per heavy atom. The van der Waals surface area contributed by atoms with E-state index in [1.54, 1.807) is 0 Å². The van der Waals surface area contributed by atoms with Crippen LogP contribution in [0, 0.1) is 0 Å². The van der Waals surface area contributed by atoms with Gasteiger partial charge in [-0.15, -0.1) is 0 Å². The lowest BCUT2D eigenvalue weighted by atomic mass is 10.1. The van der Waals surface area contributed by atoms with Gasteiger partial charge in [-0.3, -0.25) is 4.79 Å². The summed E-state index contributed by atoms with van der Waals surface area (Å²) in [7, 11) is 2.14. The zero-order valence-electron chi connectivity index (χ0n) is 15.3. The molecule has 0 unspecified atom stereocenters. The molecule has 1 aromatic carbocycles. The minimum absolute atomic E-state index is 0.0244. The van der Waals surface area contributed by atoms with Crippen molar-refractivity contribution < 1.29 is 4.79 Å². The van der Waals surface area contributed by atoms with E-state index in [1.165, 1.54) is 0 Å². The standard InChI is InChI=1S/C20H27N5O/c1-24-10-12-25(13-11-24)19-8-6-16(14-22-19)15-23-20(26)9-7-17-4-2-3-5-18(17)21/h2-6,8,14H,7,9-13,15,21H2,1H3,(H,23,26). The molecule has 6 heteroatoms. The number of anilines is 2. The highest BCUT2D eigenvalue weighted by atomic mass is 16.1. The molecule has 0 saturated carbocycles. The van der Waals surface area contributed by atoms with Crippen LogP contribution in [0.5, 0.6) is 0 Å². The molecule has 1 aromatic heterocycles. The SMILES string of the molecule is CN1CCN(c2ccc(CNC(=O)CCc3ccccc3N)cn2)CC1. The molecule has 0 radical (unpaired) electrons. The molecule has 0 bridgehead atoms. The number of carbonyl (C=O) groups excluding carboxylic acids is 1. The molecular formula is C20H27N5O. The first-order valence-corrected chi connectivity index (χ1v) is 9.10. The van der Waals surface area contributed by atoms with Gasteiger partial charge in [0.25, 0.3) is 0 Å². The zero-order chi connectivity index (χ0) is 18.4. The fraction of sp³-hybridized carbons (Fsp3) is 0.400. The molecule has 3 N–H and O–H groups in total. The van der Waals surface area contributed by atoms with Gasteiger partial charge in [-0.2, -0.15) is 0 Å². The number of aryl methyl sites for hydroxylation is 1. The molecule has 2 heterocycles. The van der Waals surface area contributed by atoms with Gasteiger partial charge in [0.2, 0.25) is 5.91 Å². The Morgan fingerprint density at radius 3 is 2.62 bits per heavy atom. The van der Waals surface area contributed by atoms with Crippen LogP contribution in [0.3, 0.4) is 0 Å². The summed E-state index contributed by atoms with van der Waals surface area (Å²) in [6.07, 6.45) is 2.93. The fourth-order valence-electron chi connectivity index (χ4n) is 3.04. The third-order valence-corrected chi connectivity index (χ3v) is 4.80. The first kappa shape index (κ1) is 18.2. The van der Waals surface area contributed by atoms with E-state index >= 15 is 0 Å². The summed E-state index contributed by atoms with van der Waals surface area (Å²) in [6, 6.07) is 11.7. The normalized spacial score (nSPS) is 15.0. The summed E-state index contributed by atoms with van der Waals surface area (Å²) in [4.78, 5) is 21.2. The molecule has 0 spiro atoms. The van der Waals surface area contributed by atoms with Crippen LogP contribution in [0.1, 0.15) is 17.5 Å². The Bertz CT molecular complexity index is 723. The smallest absolute Gasteiger partial charge is 0.220 e. The monoisotopic (exact) mass is 353 g/mol. The number of piperazine rings is 1. The van der Waals surface area contributed by atoms with Crippen LogP contribution in [0.25, 0.3) is 0 Å². The topological polar surface area (TPSA) is 74.5 Å².